The van der Waals surface area contributed by atoms with Crippen LogP contribution in [0, 0.1) is 0 Å². The third kappa shape index (κ3) is 2.57. The third-order valence-electron chi connectivity index (χ3n) is 2.08. The first-order valence-electron chi connectivity index (χ1n) is 4.65. The number of aryl methyl sites for hydroxylation is 1. The largest absolute Gasteiger partial charge is 0.478 e. The van der Waals surface area contributed by atoms with Crippen LogP contribution in [-0.2, 0) is 7.05 Å². The van der Waals surface area contributed by atoms with E-state index >= 15 is 0 Å². The van der Waals surface area contributed by atoms with Gasteiger partial charge in [0.05, 0.1) is 11.3 Å². The van der Waals surface area contributed by atoms with Crippen LogP contribution in [-0.4, -0.2) is 15.6 Å². The Hall–Kier alpha value is -2.88. The van der Waals surface area contributed by atoms with Gasteiger partial charge in [-0.15, -0.1) is 11.3 Å². The fourth-order valence-electron chi connectivity index (χ4n) is 1.25. The van der Waals surface area contributed by atoms with Crippen molar-refractivity contribution < 1.29 is 9.90 Å². The molecule has 0 unspecified atom stereocenters. The summed E-state index contributed by atoms with van der Waals surface area (Å²) in [5.41, 5.74) is 0.901. The van der Waals surface area contributed by atoms with Gasteiger partial charge < -0.3 is 9.67 Å². The van der Waals surface area contributed by atoms with Crippen LogP contribution < -0.4 is 4.80 Å². The zero-order valence-corrected chi connectivity index (χ0v) is 16.5. The average Bonchev–Trinajstić information content (AvgIpc) is 2.65. The summed E-state index contributed by atoms with van der Waals surface area (Å²) in [6.45, 7) is 0. The quantitative estimate of drug-likeness (QED) is 0.685. The van der Waals surface area contributed by atoms with Crippen LogP contribution in [0.25, 0.3) is 0 Å². The third-order valence-corrected chi connectivity index (χ3v) is 2.93. The molecule has 1 N–H and O–H groups in total. The molecule has 1 aromatic carbocycles. The summed E-state index contributed by atoms with van der Waals surface area (Å²) in [5.74, 6) is -0.937. The van der Waals surface area contributed by atoms with E-state index < -0.39 is 5.97 Å². The van der Waals surface area contributed by atoms with Crippen molar-refractivity contribution in [3.05, 3.63) is 46.2 Å². The minimum Gasteiger partial charge on any atom is -0.478 e. The smallest absolute Gasteiger partial charge is 0.335 e. The SMILES string of the molecule is Cn1ccsc1=Nc1cccc(C(=O)O)c1.[Rf]. The predicted molar refractivity (Wildman–Crippen MR) is 61.9 cm³/mol. The standard InChI is InChI=1S/C11H10N2O2S.Rf/c1-13-5-6-16-11(13)12-9-4-2-3-8(7-9)10(14)15;/h2-7H,1H3,(H,14,15);. The monoisotopic (exact) mass is 501 g/mol. The average molecular weight is 501 g/mol. The topological polar surface area (TPSA) is 54.6 Å². The molecule has 0 amide bonds. The van der Waals surface area contributed by atoms with Crippen LogP contribution in [0.15, 0.2) is 40.8 Å². The van der Waals surface area contributed by atoms with Crippen molar-refractivity contribution in [2.24, 2.45) is 12.0 Å². The van der Waals surface area contributed by atoms with E-state index in [0.29, 0.717) is 5.69 Å². The fraction of sp³-hybridized carbons (Fsp3) is 0.0909. The first-order valence-corrected chi connectivity index (χ1v) is 5.53. The maximum Gasteiger partial charge on any atom is 0.335 e. The molecule has 4 nitrogen and oxygen atoms in total. The van der Waals surface area contributed by atoms with E-state index in [1.165, 1.54) is 11.3 Å². The van der Waals surface area contributed by atoms with Gasteiger partial charge in [0.2, 0.25) is 0 Å². The maximum absolute atomic E-state index is 10.8. The van der Waals surface area contributed by atoms with E-state index in [4.69, 9.17) is 5.11 Å². The van der Waals surface area contributed by atoms with Crippen LogP contribution in [0.2, 0.25) is 0 Å². The van der Waals surface area contributed by atoms with Crippen molar-refractivity contribution >= 4 is 23.0 Å². The molecule has 1 heterocycles. The molecule has 6 heteroatoms. The van der Waals surface area contributed by atoms with Gasteiger partial charge in [0.25, 0.3) is 0 Å². The molecule has 0 bridgehead atoms. The Kier molecular flexibility index (Phi) is 3.41. The summed E-state index contributed by atoms with van der Waals surface area (Å²) >= 11 is 1.51. The minimum absolute atomic E-state index is 0. The Labute approximate surface area is 96.1 Å². The van der Waals surface area contributed by atoms with Gasteiger partial charge in [0.1, 0.15) is 0 Å². The van der Waals surface area contributed by atoms with Crippen molar-refractivity contribution in [2.75, 3.05) is 0 Å². The molecule has 2 rings (SSSR count). The van der Waals surface area contributed by atoms with E-state index in [-0.39, 0.29) is 5.56 Å². The Morgan fingerprint density at radius 2 is 2.24 bits per heavy atom. The number of benzene rings is 1. The molecule has 84 valence electrons. The second kappa shape index (κ2) is 4.76. The molecular weight excluding hydrogens is 491 g/mol. The molecule has 0 aliphatic carbocycles. The number of thiazole rings is 1. The summed E-state index contributed by atoms with van der Waals surface area (Å²) in [6, 6.07) is 6.58. The predicted octanol–water partition coefficient (Wildman–Crippen LogP) is 2.02. The van der Waals surface area contributed by atoms with Crippen molar-refractivity contribution in [1.29, 1.82) is 0 Å². The number of carbonyl (C=O) groups is 1. The summed E-state index contributed by atoms with van der Waals surface area (Å²) in [4.78, 5) is 16.0. The van der Waals surface area contributed by atoms with Crippen LogP contribution in [0.3, 0.4) is 0 Å². The first kappa shape index (κ1) is 12.2. The summed E-state index contributed by atoms with van der Waals surface area (Å²) in [6.07, 6.45) is 1.91. The maximum atomic E-state index is 10.8. The van der Waals surface area contributed by atoms with Crippen molar-refractivity contribution in [3.8, 4) is 0 Å². The van der Waals surface area contributed by atoms with E-state index in [1.807, 2.05) is 23.2 Å². The minimum atomic E-state index is -0.937. The molecule has 0 aliphatic rings. The molecule has 0 aliphatic heterocycles. The number of rotatable bonds is 2. The molecule has 0 atom stereocenters. The Balaban J connectivity index is 0.00000144. The van der Waals surface area contributed by atoms with Gasteiger partial charge in [-0.05, 0) is 18.2 Å². The molecule has 0 saturated carbocycles. The normalized spacial score (nSPS) is 11.0. The summed E-state index contributed by atoms with van der Waals surface area (Å²) < 4.78 is 1.89. The van der Waals surface area contributed by atoms with Gasteiger partial charge in [0, 0.05) is 18.6 Å². The van der Waals surface area contributed by atoms with Crippen molar-refractivity contribution in [1.82, 2.24) is 4.57 Å². The molecule has 1 aromatic heterocycles. The molecule has 0 radical (unpaired) electrons. The molecule has 0 spiro atoms. The Bertz CT molecular complexity index is 589. The van der Waals surface area contributed by atoms with Crippen LogP contribution in [0.5, 0.6) is 0 Å². The van der Waals surface area contributed by atoms with Gasteiger partial charge >= 0.3 is 5.97 Å². The van der Waals surface area contributed by atoms with E-state index in [9.17, 15) is 4.79 Å². The molecule has 2 aromatic rings. The van der Waals surface area contributed by atoms with Crippen molar-refractivity contribution in [3.63, 3.8) is 0 Å². The van der Waals surface area contributed by atoms with Gasteiger partial charge in [-0.1, -0.05) is 6.07 Å². The van der Waals surface area contributed by atoms with Crippen LogP contribution in [0.4, 0.5) is 5.69 Å². The van der Waals surface area contributed by atoms with Crippen molar-refractivity contribution in [2.45, 2.75) is 0 Å². The van der Waals surface area contributed by atoms with Gasteiger partial charge in [-0.25, -0.2) is 9.79 Å². The van der Waals surface area contributed by atoms with E-state index in [0.717, 1.165) is 4.80 Å². The van der Waals surface area contributed by atoms with E-state index in [2.05, 4.69) is 4.99 Å². The van der Waals surface area contributed by atoms with Crippen LogP contribution in [0.1, 0.15) is 10.4 Å². The second-order valence-electron chi connectivity index (χ2n) is 3.26. The molecule has 17 heavy (non-hydrogen) atoms. The zero-order valence-electron chi connectivity index (χ0n) is 9.33. The number of hydrogen-bond acceptors (Lipinski definition) is 3. The number of carboxylic acid groups (broad SMARTS) is 1. The van der Waals surface area contributed by atoms with Gasteiger partial charge in [-0.3, -0.25) is 0 Å². The number of hydrogen-bond donors (Lipinski definition) is 1. The second-order valence-corrected chi connectivity index (χ2v) is 4.14. The zero-order chi connectivity index (χ0) is 11.5. The summed E-state index contributed by atoms with van der Waals surface area (Å²) in [7, 11) is 1.90. The first-order chi connectivity index (χ1) is 7.66. The number of aromatic carboxylic acids is 1. The Morgan fingerprint density at radius 1 is 1.47 bits per heavy atom. The van der Waals surface area contributed by atoms with Crippen LogP contribution >= 0.6 is 11.3 Å². The molecule has 0 fully saturated rings. The number of nitrogens with zero attached hydrogens (tertiary/aromatic N) is 2. The van der Waals surface area contributed by atoms with E-state index in [1.54, 1.807) is 24.3 Å². The Morgan fingerprint density at radius 3 is 2.82 bits per heavy atom. The molecule has 0 saturated heterocycles. The number of aromatic nitrogens is 1. The van der Waals surface area contributed by atoms with Gasteiger partial charge in [0.15, 0.2) is 4.80 Å². The molecular formula is C11H10N2O2RfS. The summed E-state index contributed by atoms with van der Waals surface area (Å²) in [5, 5.41) is 10.8. The van der Waals surface area contributed by atoms with Gasteiger partial charge in [-0.2, -0.15) is 0 Å². The fourth-order valence-corrected chi connectivity index (χ4v) is 2.00. The number of carboxylic acids is 1.